The summed E-state index contributed by atoms with van der Waals surface area (Å²) in [5.74, 6) is 0.649. The number of ether oxygens (including phenoxy) is 1. The summed E-state index contributed by atoms with van der Waals surface area (Å²) in [7, 11) is 3.65. The maximum Gasteiger partial charge on any atom is 0.227 e. The number of carbonyl (C=O) groups is 2. The van der Waals surface area contributed by atoms with Gasteiger partial charge in [-0.3, -0.25) is 9.59 Å². The summed E-state index contributed by atoms with van der Waals surface area (Å²) in [5, 5.41) is 8.21. The monoisotopic (exact) mass is 639 g/mol. The van der Waals surface area contributed by atoms with Gasteiger partial charge >= 0.3 is 0 Å². The third-order valence-electron chi connectivity index (χ3n) is 7.71. The molecule has 2 rings (SSSR count). The average molecular weight is 640 g/mol. The molecular formula is C41H57N3O3. The normalized spacial score (nSPS) is 13.0. The van der Waals surface area contributed by atoms with Gasteiger partial charge in [0.1, 0.15) is 5.75 Å². The van der Waals surface area contributed by atoms with E-state index in [0.29, 0.717) is 26.1 Å². The number of nitrogens with zero attached hydrogens (tertiary/aromatic N) is 1. The molecule has 0 aliphatic heterocycles. The van der Waals surface area contributed by atoms with Crippen LogP contribution in [0.1, 0.15) is 76.7 Å². The number of likely N-dealkylation sites (N-methyl/N-ethyl adjacent to an activating group) is 1. The maximum absolute atomic E-state index is 12.7. The van der Waals surface area contributed by atoms with Crippen molar-refractivity contribution >= 4 is 22.6 Å². The quantitative estimate of drug-likeness (QED) is 0.120. The van der Waals surface area contributed by atoms with Crippen molar-refractivity contribution in [1.29, 1.82) is 0 Å². The molecule has 0 bridgehead atoms. The minimum atomic E-state index is -0.243. The van der Waals surface area contributed by atoms with Gasteiger partial charge in [0.25, 0.3) is 0 Å². The van der Waals surface area contributed by atoms with Crippen LogP contribution in [-0.4, -0.2) is 57.1 Å². The van der Waals surface area contributed by atoms with Gasteiger partial charge in [0.2, 0.25) is 11.8 Å². The lowest BCUT2D eigenvalue weighted by Crippen LogP contribution is -2.38. The van der Waals surface area contributed by atoms with E-state index in [-0.39, 0.29) is 17.7 Å². The first-order valence-corrected chi connectivity index (χ1v) is 17.1. The number of nitrogens with one attached hydrogen (secondary N) is 2. The van der Waals surface area contributed by atoms with E-state index in [2.05, 4.69) is 101 Å². The molecule has 6 nitrogen and oxygen atoms in total. The smallest absolute Gasteiger partial charge is 0.227 e. The van der Waals surface area contributed by atoms with Crippen LogP contribution in [0.4, 0.5) is 0 Å². The van der Waals surface area contributed by atoms with E-state index in [9.17, 15) is 9.59 Å². The second-order valence-corrected chi connectivity index (χ2v) is 11.6. The number of allylic oxidation sites excluding steroid dienone is 12. The topological polar surface area (TPSA) is 70.7 Å². The number of methoxy groups -OCH3 is 1. The third kappa shape index (κ3) is 17.9. The first-order chi connectivity index (χ1) is 22.9. The van der Waals surface area contributed by atoms with Gasteiger partial charge in [-0.15, -0.1) is 0 Å². The van der Waals surface area contributed by atoms with E-state index < -0.39 is 0 Å². The first-order valence-electron chi connectivity index (χ1n) is 17.1. The Morgan fingerprint density at radius 1 is 0.723 bits per heavy atom. The summed E-state index contributed by atoms with van der Waals surface area (Å²) in [5.41, 5.74) is 0.986. The molecule has 0 spiro atoms. The number of amides is 2. The van der Waals surface area contributed by atoms with Crippen LogP contribution in [0.5, 0.6) is 5.75 Å². The van der Waals surface area contributed by atoms with Crippen molar-refractivity contribution in [1.82, 2.24) is 15.5 Å². The van der Waals surface area contributed by atoms with Gasteiger partial charge in [0.05, 0.1) is 13.0 Å². The van der Waals surface area contributed by atoms with E-state index in [4.69, 9.17) is 4.74 Å². The molecule has 6 heteroatoms. The number of carbonyl (C=O) groups excluding carboxylic acids is 2. The average Bonchev–Trinajstić information content (AvgIpc) is 3.08. The maximum atomic E-state index is 12.7. The predicted octanol–water partition coefficient (Wildman–Crippen LogP) is 8.59. The van der Waals surface area contributed by atoms with Crippen LogP contribution < -0.4 is 15.4 Å². The highest BCUT2D eigenvalue weighted by molar-refractivity contribution is 5.88. The highest BCUT2D eigenvalue weighted by Crippen LogP contribution is 2.25. The van der Waals surface area contributed by atoms with Crippen LogP contribution in [0.3, 0.4) is 0 Å². The van der Waals surface area contributed by atoms with Gasteiger partial charge in [0.15, 0.2) is 0 Å². The first kappa shape index (κ1) is 39.0. The largest absolute Gasteiger partial charge is 0.497 e. The minimum absolute atomic E-state index is 0.00830. The van der Waals surface area contributed by atoms with E-state index in [1.54, 1.807) is 7.11 Å². The Balaban J connectivity index is 1.48. The Bertz CT molecular complexity index is 1370. The Kier molecular flexibility index (Phi) is 20.8. The standard InChI is InChI=1S/C41H57N3O3/c1-5-6-7-8-9-10-11-12-13-14-15-16-17-18-19-20-21-22-23-24-40(45)42-29-31-44(3)32-30-43-41(46)35(2)36-25-26-38-34-39(47-4)28-27-37(38)33-36/h6-7,9-10,12-13,15-16,18-19,21-22,25-28,33-35H,5,8,11,14,17,20,23-24,29-32H2,1-4H3,(H,42,45)(H,43,46). The Hall–Kier alpha value is -4.16. The second kappa shape index (κ2) is 25.0. The van der Waals surface area contributed by atoms with Crippen LogP contribution in [0.15, 0.2) is 109 Å². The zero-order chi connectivity index (χ0) is 34.0. The van der Waals surface area contributed by atoms with Gasteiger partial charge in [0, 0.05) is 32.6 Å². The van der Waals surface area contributed by atoms with Crippen LogP contribution in [0, 0.1) is 0 Å². The van der Waals surface area contributed by atoms with Crippen molar-refractivity contribution in [3.05, 3.63) is 115 Å². The zero-order valence-corrected chi connectivity index (χ0v) is 29.1. The van der Waals surface area contributed by atoms with Gasteiger partial charge in [-0.1, -0.05) is 104 Å². The highest BCUT2D eigenvalue weighted by Gasteiger charge is 2.15. The van der Waals surface area contributed by atoms with Crippen LogP contribution in [0.25, 0.3) is 10.8 Å². The number of hydrogen-bond acceptors (Lipinski definition) is 4. The summed E-state index contributed by atoms with van der Waals surface area (Å²) in [6.45, 7) is 6.67. The summed E-state index contributed by atoms with van der Waals surface area (Å²) < 4.78 is 5.30. The second-order valence-electron chi connectivity index (χ2n) is 11.6. The van der Waals surface area contributed by atoms with Gasteiger partial charge in [-0.25, -0.2) is 0 Å². The molecule has 0 saturated heterocycles. The summed E-state index contributed by atoms with van der Waals surface area (Å²) in [4.78, 5) is 27.0. The molecule has 0 fully saturated rings. The van der Waals surface area contributed by atoms with Crippen LogP contribution >= 0.6 is 0 Å². The minimum Gasteiger partial charge on any atom is -0.497 e. The van der Waals surface area contributed by atoms with Gasteiger partial charge in [-0.2, -0.15) is 0 Å². The Labute approximate surface area is 284 Å². The SMILES string of the molecule is CCC=CCC=CCC=CCC=CCC=CCC=CCCC(=O)NCCN(C)CCNC(=O)C(C)c1ccc2cc(OC)ccc2c1. The molecule has 2 amide bonds. The Morgan fingerprint density at radius 2 is 1.23 bits per heavy atom. The van der Waals surface area contributed by atoms with Crippen molar-refractivity contribution in [3.8, 4) is 5.75 Å². The molecule has 0 saturated carbocycles. The molecule has 0 radical (unpaired) electrons. The summed E-state index contributed by atoms with van der Waals surface area (Å²) in [6, 6.07) is 12.0. The predicted molar refractivity (Wildman–Crippen MR) is 200 cm³/mol. The van der Waals surface area contributed by atoms with Gasteiger partial charge in [-0.05, 0) is 87.4 Å². The van der Waals surface area contributed by atoms with E-state index >= 15 is 0 Å². The number of fused-ring (bicyclic) bond motifs is 1. The molecule has 2 aromatic rings. The van der Waals surface area contributed by atoms with E-state index in [0.717, 1.165) is 73.6 Å². The molecule has 0 aliphatic rings. The number of hydrogen-bond donors (Lipinski definition) is 2. The molecule has 47 heavy (non-hydrogen) atoms. The lowest BCUT2D eigenvalue weighted by molar-refractivity contribution is -0.122. The third-order valence-corrected chi connectivity index (χ3v) is 7.71. The summed E-state index contributed by atoms with van der Waals surface area (Å²) >= 11 is 0. The molecule has 1 unspecified atom stereocenters. The van der Waals surface area contributed by atoms with Crippen molar-refractivity contribution in [2.75, 3.05) is 40.3 Å². The van der Waals surface area contributed by atoms with E-state index in [1.807, 2.05) is 44.3 Å². The molecule has 2 N–H and O–H groups in total. The summed E-state index contributed by atoms with van der Waals surface area (Å²) in [6.07, 6.45) is 33.3. The van der Waals surface area contributed by atoms with Crippen LogP contribution in [0.2, 0.25) is 0 Å². The van der Waals surface area contributed by atoms with Crippen molar-refractivity contribution in [2.45, 2.75) is 71.1 Å². The zero-order valence-electron chi connectivity index (χ0n) is 29.1. The molecule has 1 atom stereocenters. The molecule has 2 aromatic carbocycles. The fourth-order valence-corrected chi connectivity index (χ4v) is 4.75. The van der Waals surface area contributed by atoms with Crippen molar-refractivity contribution < 1.29 is 14.3 Å². The lowest BCUT2D eigenvalue weighted by Gasteiger charge is -2.18. The number of benzene rings is 2. The van der Waals surface area contributed by atoms with Crippen molar-refractivity contribution in [3.63, 3.8) is 0 Å². The number of rotatable bonds is 23. The van der Waals surface area contributed by atoms with E-state index in [1.165, 1.54) is 0 Å². The lowest BCUT2D eigenvalue weighted by atomic mass is 9.97. The Morgan fingerprint density at radius 3 is 1.81 bits per heavy atom. The fraction of sp³-hybridized carbons (Fsp3) is 0.415. The molecule has 0 aliphatic carbocycles. The van der Waals surface area contributed by atoms with Crippen molar-refractivity contribution in [2.24, 2.45) is 0 Å². The molecule has 0 heterocycles. The molecular weight excluding hydrogens is 582 g/mol. The van der Waals surface area contributed by atoms with Crippen LogP contribution in [-0.2, 0) is 9.59 Å². The van der Waals surface area contributed by atoms with Gasteiger partial charge < -0.3 is 20.3 Å². The highest BCUT2D eigenvalue weighted by atomic mass is 16.5. The molecule has 254 valence electrons. The molecule has 0 aromatic heterocycles. The fourth-order valence-electron chi connectivity index (χ4n) is 4.75.